The average molecular weight is 303 g/mol. The van der Waals surface area contributed by atoms with Gasteiger partial charge in [0.05, 0.1) is 21.9 Å². The third-order valence-electron chi connectivity index (χ3n) is 2.79. The molecule has 1 aromatic heterocycles. The molecular weight excluding hydrogens is 290 g/mol. The molecule has 0 bridgehead atoms. The Kier molecular flexibility index (Phi) is 4.13. The van der Waals surface area contributed by atoms with Crippen LogP contribution < -0.4 is 0 Å². The van der Waals surface area contributed by atoms with Crippen LogP contribution in [0.25, 0.3) is 0 Å². The van der Waals surface area contributed by atoms with E-state index in [1.165, 1.54) is 24.4 Å². The zero-order valence-electron chi connectivity index (χ0n) is 10.4. The lowest BCUT2D eigenvalue weighted by Crippen LogP contribution is -2.12. The van der Waals surface area contributed by atoms with Crippen LogP contribution in [-0.2, 0) is 0 Å². The van der Waals surface area contributed by atoms with Crippen molar-refractivity contribution in [1.29, 1.82) is 0 Å². The molecule has 3 nitrogen and oxygen atoms in total. The monoisotopic (exact) mass is 302 g/mol. The maximum Gasteiger partial charge on any atom is 0.141 e. The molecule has 2 aromatic rings. The van der Waals surface area contributed by atoms with Crippen LogP contribution in [0.4, 0.5) is 4.39 Å². The van der Waals surface area contributed by atoms with E-state index in [1.807, 2.05) is 13.8 Å². The highest BCUT2D eigenvalue weighted by molar-refractivity contribution is 6.31. The zero-order valence-corrected chi connectivity index (χ0v) is 12.0. The van der Waals surface area contributed by atoms with Crippen molar-refractivity contribution in [2.75, 3.05) is 0 Å². The van der Waals surface area contributed by atoms with Crippen molar-refractivity contribution in [2.45, 2.75) is 26.0 Å². The third kappa shape index (κ3) is 2.76. The topological polar surface area (TPSA) is 38.0 Å². The van der Waals surface area contributed by atoms with E-state index >= 15 is 0 Å². The predicted octanol–water partition coefficient (Wildman–Crippen LogP) is 3.99. The summed E-state index contributed by atoms with van der Waals surface area (Å²) in [7, 11) is 0. The van der Waals surface area contributed by atoms with E-state index in [0.717, 1.165) is 0 Å². The van der Waals surface area contributed by atoms with E-state index in [1.54, 1.807) is 4.68 Å². The van der Waals surface area contributed by atoms with Gasteiger partial charge in [-0.25, -0.2) is 4.39 Å². The Bertz CT molecular complexity index is 598. The molecule has 19 heavy (non-hydrogen) atoms. The van der Waals surface area contributed by atoms with E-state index in [9.17, 15) is 9.50 Å². The molecule has 1 N–H and O–H groups in total. The Hall–Kier alpha value is -1.10. The SMILES string of the molecule is CC(C)n1ncc(Cl)c1C(O)c1ccc(F)c(Cl)c1. The number of rotatable bonds is 3. The maximum atomic E-state index is 13.1. The van der Waals surface area contributed by atoms with Crippen LogP contribution in [0, 0.1) is 5.82 Å². The molecule has 0 fully saturated rings. The molecule has 0 saturated carbocycles. The first-order valence-corrected chi connectivity index (χ1v) is 6.53. The Morgan fingerprint density at radius 1 is 1.26 bits per heavy atom. The molecule has 1 unspecified atom stereocenters. The van der Waals surface area contributed by atoms with Crippen molar-refractivity contribution in [3.8, 4) is 0 Å². The van der Waals surface area contributed by atoms with E-state index in [2.05, 4.69) is 5.10 Å². The van der Waals surface area contributed by atoms with Gasteiger partial charge in [-0.15, -0.1) is 0 Å². The molecule has 1 atom stereocenters. The number of nitrogens with zero attached hydrogens (tertiary/aromatic N) is 2. The highest BCUT2D eigenvalue weighted by atomic mass is 35.5. The lowest BCUT2D eigenvalue weighted by atomic mass is 10.1. The van der Waals surface area contributed by atoms with Gasteiger partial charge in [0.25, 0.3) is 0 Å². The molecule has 102 valence electrons. The normalized spacial score (nSPS) is 13.0. The number of halogens is 3. The van der Waals surface area contributed by atoms with Gasteiger partial charge in [-0.2, -0.15) is 5.10 Å². The standard InChI is InChI=1S/C13H13Cl2FN2O/c1-7(2)18-12(10(15)6-17-18)13(19)8-3-4-11(16)9(14)5-8/h3-7,13,19H,1-2H3. The molecule has 0 aliphatic carbocycles. The van der Waals surface area contributed by atoms with Gasteiger partial charge in [-0.1, -0.05) is 29.3 Å². The lowest BCUT2D eigenvalue weighted by molar-refractivity contribution is 0.205. The Labute approximate surface area is 120 Å². The average Bonchev–Trinajstić information content (AvgIpc) is 2.74. The maximum absolute atomic E-state index is 13.1. The third-order valence-corrected chi connectivity index (χ3v) is 3.38. The second-order valence-electron chi connectivity index (χ2n) is 4.49. The summed E-state index contributed by atoms with van der Waals surface area (Å²) >= 11 is 11.8. The van der Waals surface area contributed by atoms with Gasteiger partial charge in [0.15, 0.2) is 0 Å². The van der Waals surface area contributed by atoms with Crippen LogP contribution in [-0.4, -0.2) is 14.9 Å². The minimum absolute atomic E-state index is 0.0386. The molecular formula is C13H13Cl2FN2O. The molecule has 0 aliphatic heterocycles. The van der Waals surface area contributed by atoms with Crippen molar-refractivity contribution in [2.24, 2.45) is 0 Å². The van der Waals surface area contributed by atoms with Crippen molar-refractivity contribution in [3.63, 3.8) is 0 Å². The van der Waals surface area contributed by atoms with E-state index in [-0.39, 0.29) is 11.1 Å². The van der Waals surface area contributed by atoms with Crippen LogP contribution in [0.2, 0.25) is 10.0 Å². The summed E-state index contributed by atoms with van der Waals surface area (Å²) in [6.45, 7) is 3.86. The lowest BCUT2D eigenvalue weighted by Gasteiger charge is -2.17. The summed E-state index contributed by atoms with van der Waals surface area (Å²) in [5.41, 5.74) is 0.940. The minimum atomic E-state index is -1.00. The first kappa shape index (κ1) is 14.3. The van der Waals surface area contributed by atoms with E-state index < -0.39 is 11.9 Å². The smallest absolute Gasteiger partial charge is 0.141 e. The van der Waals surface area contributed by atoms with Crippen LogP contribution in [0.3, 0.4) is 0 Å². The fourth-order valence-electron chi connectivity index (χ4n) is 1.86. The zero-order chi connectivity index (χ0) is 14.2. The van der Waals surface area contributed by atoms with Crippen molar-refractivity contribution >= 4 is 23.2 Å². The molecule has 0 saturated heterocycles. The van der Waals surface area contributed by atoms with Gasteiger partial charge < -0.3 is 5.11 Å². The van der Waals surface area contributed by atoms with Gasteiger partial charge in [0.1, 0.15) is 11.9 Å². The summed E-state index contributed by atoms with van der Waals surface area (Å²) < 4.78 is 14.8. The van der Waals surface area contributed by atoms with Crippen molar-refractivity contribution in [1.82, 2.24) is 9.78 Å². The number of aromatic nitrogens is 2. The summed E-state index contributed by atoms with van der Waals surface area (Å²) in [4.78, 5) is 0. The number of hydrogen-bond acceptors (Lipinski definition) is 2. The molecule has 1 aromatic carbocycles. The van der Waals surface area contributed by atoms with Crippen molar-refractivity contribution in [3.05, 3.63) is 51.5 Å². The molecule has 0 amide bonds. The fraction of sp³-hybridized carbons (Fsp3) is 0.308. The quantitative estimate of drug-likeness (QED) is 0.931. The summed E-state index contributed by atoms with van der Waals surface area (Å²) in [5.74, 6) is -0.527. The van der Waals surface area contributed by atoms with Crippen LogP contribution in [0.5, 0.6) is 0 Å². The Morgan fingerprint density at radius 2 is 1.95 bits per heavy atom. The van der Waals surface area contributed by atoms with Gasteiger partial charge in [-0.3, -0.25) is 4.68 Å². The number of aliphatic hydroxyl groups is 1. The van der Waals surface area contributed by atoms with Gasteiger partial charge in [-0.05, 0) is 31.5 Å². The fourth-order valence-corrected chi connectivity index (χ4v) is 2.28. The second kappa shape index (κ2) is 5.49. The summed E-state index contributed by atoms with van der Waals surface area (Å²) in [6, 6.07) is 4.12. The Balaban J connectivity index is 2.46. The Morgan fingerprint density at radius 3 is 2.53 bits per heavy atom. The van der Waals surface area contributed by atoms with E-state index in [0.29, 0.717) is 16.3 Å². The van der Waals surface area contributed by atoms with Crippen LogP contribution >= 0.6 is 23.2 Å². The van der Waals surface area contributed by atoms with Gasteiger partial charge >= 0.3 is 0 Å². The summed E-state index contributed by atoms with van der Waals surface area (Å²) in [5, 5.41) is 14.8. The molecule has 0 radical (unpaired) electrons. The number of benzene rings is 1. The highest BCUT2D eigenvalue weighted by Gasteiger charge is 2.21. The largest absolute Gasteiger partial charge is 0.382 e. The highest BCUT2D eigenvalue weighted by Crippen LogP contribution is 2.31. The molecule has 2 rings (SSSR count). The molecule has 1 heterocycles. The second-order valence-corrected chi connectivity index (χ2v) is 5.31. The minimum Gasteiger partial charge on any atom is -0.382 e. The van der Waals surface area contributed by atoms with Crippen LogP contribution in [0.15, 0.2) is 24.4 Å². The number of hydrogen-bond donors (Lipinski definition) is 1. The molecule has 0 spiro atoms. The first-order chi connectivity index (χ1) is 8.91. The first-order valence-electron chi connectivity index (χ1n) is 5.77. The van der Waals surface area contributed by atoms with E-state index in [4.69, 9.17) is 23.2 Å². The van der Waals surface area contributed by atoms with Gasteiger partial charge in [0.2, 0.25) is 0 Å². The van der Waals surface area contributed by atoms with Crippen molar-refractivity contribution < 1.29 is 9.50 Å². The predicted molar refractivity (Wildman–Crippen MR) is 73.1 cm³/mol. The van der Waals surface area contributed by atoms with Crippen LogP contribution in [0.1, 0.15) is 37.3 Å². The molecule has 0 aliphatic rings. The summed E-state index contributed by atoms with van der Waals surface area (Å²) in [6.07, 6.45) is 0.473. The number of aliphatic hydroxyl groups excluding tert-OH is 1. The molecule has 6 heteroatoms. The van der Waals surface area contributed by atoms with Gasteiger partial charge in [0, 0.05) is 6.04 Å².